The summed E-state index contributed by atoms with van der Waals surface area (Å²) in [6.45, 7) is 2.01. The topological polar surface area (TPSA) is 44.8 Å². The summed E-state index contributed by atoms with van der Waals surface area (Å²) < 4.78 is 59.2. The lowest BCUT2D eigenvalue weighted by Gasteiger charge is -2.49. The fourth-order valence-electron chi connectivity index (χ4n) is 4.63. The number of piperazine rings is 1. The summed E-state index contributed by atoms with van der Waals surface area (Å²) in [5, 5.41) is 2.82. The number of rotatable bonds is 5. The minimum absolute atomic E-state index is 0.185. The highest BCUT2D eigenvalue weighted by Gasteiger charge is 2.43. The molecule has 0 aliphatic carbocycles. The number of benzene rings is 2. The Morgan fingerprint density at radius 2 is 1.94 bits per heavy atom. The first kappa shape index (κ1) is 22.4. The number of para-hydroxylation sites is 1. The molecule has 0 saturated carbocycles. The molecule has 32 heavy (non-hydrogen) atoms. The van der Waals surface area contributed by atoms with Gasteiger partial charge in [-0.15, -0.1) is 0 Å². The van der Waals surface area contributed by atoms with Crippen molar-refractivity contribution in [1.29, 1.82) is 0 Å². The smallest absolute Gasteiger partial charge is 0.383 e. The second kappa shape index (κ2) is 8.97. The van der Waals surface area contributed by atoms with E-state index in [-0.39, 0.29) is 24.2 Å². The SMILES string of the molecule is COCCNC(=O)[C@@H]1Cc2cc(C(F)(F)F)ccc2N2CCN(c3ccccc3F)C[C@@H]12. The lowest BCUT2D eigenvalue weighted by Crippen LogP contribution is -2.61. The maximum atomic E-state index is 14.4. The Morgan fingerprint density at radius 3 is 2.66 bits per heavy atom. The van der Waals surface area contributed by atoms with E-state index in [1.54, 1.807) is 18.2 Å². The van der Waals surface area contributed by atoms with E-state index in [9.17, 15) is 22.4 Å². The van der Waals surface area contributed by atoms with Gasteiger partial charge in [-0.1, -0.05) is 12.1 Å². The minimum Gasteiger partial charge on any atom is -0.383 e. The quantitative estimate of drug-likeness (QED) is 0.559. The molecular formula is C23H25F4N3O2. The van der Waals surface area contributed by atoms with Crippen LogP contribution in [0.25, 0.3) is 0 Å². The number of nitrogens with zero attached hydrogens (tertiary/aromatic N) is 2. The zero-order chi connectivity index (χ0) is 22.9. The fraction of sp³-hybridized carbons (Fsp3) is 0.435. The normalized spacial score (nSPS) is 20.5. The first-order valence-electron chi connectivity index (χ1n) is 10.5. The zero-order valence-corrected chi connectivity index (χ0v) is 17.7. The molecule has 1 amide bonds. The molecule has 0 aromatic heterocycles. The molecule has 172 valence electrons. The van der Waals surface area contributed by atoms with Crippen LogP contribution in [0.4, 0.5) is 28.9 Å². The zero-order valence-electron chi connectivity index (χ0n) is 17.7. The number of hydrogen-bond acceptors (Lipinski definition) is 4. The number of carbonyl (C=O) groups is 1. The van der Waals surface area contributed by atoms with Crippen molar-refractivity contribution in [3.8, 4) is 0 Å². The molecule has 2 aromatic rings. The molecule has 9 heteroatoms. The van der Waals surface area contributed by atoms with Crippen molar-refractivity contribution in [1.82, 2.24) is 5.32 Å². The van der Waals surface area contributed by atoms with Crippen LogP contribution < -0.4 is 15.1 Å². The van der Waals surface area contributed by atoms with Gasteiger partial charge in [-0.25, -0.2) is 4.39 Å². The van der Waals surface area contributed by atoms with Crippen molar-refractivity contribution in [2.45, 2.75) is 18.6 Å². The van der Waals surface area contributed by atoms with Crippen LogP contribution in [0.15, 0.2) is 42.5 Å². The number of hydrogen-bond donors (Lipinski definition) is 1. The second-order valence-electron chi connectivity index (χ2n) is 8.09. The Balaban J connectivity index is 1.66. The lowest BCUT2D eigenvalue weighted by atomic mass is 9.82. The van der Waals surface area contributed by atoms with E-state index in [1.807, 2.05) is 9.80 Å². The van der Waals surface area contributed by atoms with Crippen LogP contribution >= 0.6 is 0 Å². The molecule has 1 N–H and O–H groups in total. The van der Waals surface area contributed by atoms with Gasteiger partial charge in [-0.3, -0.25) is 4.79 Å². The predicted octanol–water partition coefficient (Wildman–Crippen LogP) is 3.47. The van der Waals surface area contributed by atoms with Gasteiger partial charge < -0.3 is 19.9 Å². The van der Waals surface area contributed by atoms with Gasteiger partial charge in [0.05, 0.1) is 29.8 Å². The van der Waals surface area contributed by atoms with Crippen molar-refractivity contribution in [3.63, 3.8) is 0 Å². The standard InChI is InChI=1S/C23H25F4N3O2/c1-32-11-8-28-22(31)17-13-15-12-16(23(25,26)27)6-7-19(15)30-10-9-29(14-21(17)30)20-5-3-2-4-18(20)24/h2-7,12,17,21H,8-11,13-14H2,1H3,(H,28,31)/t17-,21+/m1/s1. The summed E-state index contributed by atoms with van der Waals surface area (Å²) in [5.74, 6) is -1.15. The summed E-state index contributed by atoms with van der Waals surface area (Å²) in [7, 11) is 1.52. The number of fused-ring (bicyclic) bond motifs is 3. The van der Waals surface area contributed by atoms with Gasteiger partial charge in [0.1, 0.15) is 5.82 Å². The molecule has 2 heterocycles. The highest BCUT2D eigenvalue weighted by atomic mass is 19.4. The van der Waals surface area contributed by atoms with Crippen LogP contribution in [0.3, 0.4) is 0 Å². The average molecular weight is 451 g/mol. The molecule has 2 aromatic carbocycles. The third-order valence-corrected chi connectivity index (χ3v) is 6.17. The van der Waals surface area contributed by atoms with Crippen molar-refractivity contribution in [2.24, 2.45) is 5.92 Å². The number of ether oxygens (including phenoxy) is 1. The molecule has 0 radical (unpaired) electrons. The van der Waals surface area contributed by atoms with Gasteiger partial charge in [0, 0.05) is 39.0 Å². The lowest BCUT2D eigenvalue weighted by molar-refractivity contribution is -0.137. The molecule has 5 nitrogen and oxygen atoms in total. The number of amides is 1. The predicted molar refractivity (Wildman–Crippen MR) is 113 cm³/mol. The summed E-state index contributed by atoms with van der Waals surface area (Å²) in [4.78, 5) is 16.9. The molecule has 0 bridgehead atoms. The summed E-state index contributed by atoms with van der Waals surface area (Å²) in [5.41, 5.74) is 0.946. The molecule has 2 aliphatic heterocycles. The van der Waals surface area contributed by atoms with Crippen LogP contribution in [-0.2, 0) is 22.1 Å². The highest BCUT2D eigenvalue weighted by molar-refractivity contribution is 5.82. The maximum Gasteiger partial charge on any atom is 0.416 e. The van der Waals surface area contributed by atoms with Crippen LogP contribution in [-0.4, -0.2) is 51.8 Å². The Labute approximate surface area is 183 Å². The number of carbonyl (C=O) groups excluding carboxylic acids is 1. The van der Waals surface area contributed by atoms with E-state index >= 15 is 0 Å². The highest BCUT2D eigenvalue weighted by Crippen LogP contribution is 2.40. The number of alkyl halides is 3. The van der Waals surface area contributed by atoms with E-state index in [2.05, 4.69) is 5.32 Å². The van der Waals surface area contributed by atoms with Gasteiger partial charge in [0.2, 0.25) is 5.91 Å². The van der Waals surface area contributed by atoms with Crippen molar-refractivity contribution >= 4 is 17.3 Å². The number of anilines is 2. The van der Waals surface area contributed by atoms with Gasteiger partial charge in [0.25, 0.3) is 0 Å². The monoisotopic (exact) mass is 451 g/mol. The average Bonchev–Trinajstić information content (AvgIpc) is 2.77. The molecular weight excluding hydrogens is 426 g/mol. The van der Waals surface area contributed by atoms with E-state index in [4.69, 9.17) is 4.74 Å². The van der Waals surface area contributed by atoms with E-state index in [0.29, 0.717) is 49.7 Å². The largest absolute Gasteiger partial charge is 0.416 e. The van der Waals surface area contributed by atoms with Crippen LogP contribution in [0.5, 0.6) is 0 Å². The molecule has 0 unspecified atom stereocenters. The van der Waals surface area contributed by atoms with Gasteiger partial charge in [-0.2, -0.15) is 13.2 Å². The number of methoxy groups -OCH3 is 1. The molecule has 2 atom stereocenters. The molecule has 2 aliphatic rings. The van der Waals surface area contributed by atoms with Gasteiger partial charge in [-0.05, 0) is 42.3 Å². The van der Waals surface area contributed by atoms with Crippen LogP contribution in [0.1, 0.15) is 11.1 Å². The molecule has 0 spiro atoms. The summed E-state index contributed by atoms with van der Waals surface area (Å²) >= 11 is 0. The van der Waals surface area contributed by atoms with E-state index in [1.165, 1.54) is 19.2 Å². The number of nitrogens with one attached hydrogen (secondary N) is 1. The summed E-state index contributed by atoms with van der Waals surface area (Å²) in [6, 6.07) is 9.89. The van der Waals surface area contributed by atoms with Crippen molar-refractivity contribution in [2.75, 3.05) is 49.7 Å². The third-order valence-electron chi connectivity index (χ3n) is 6.17. The first-order valence-corrected chi connectivity index (χ1v) is 10.5. The third kappa shape index (κ3) is 4.39. The van der Waals surface area contributed by atoms with Gasteiger partial charge >= 0.3 is 6.18 Å². The fourth-order valence-corrected chi connectivity index (χ4v) is 4.63. The van der Waals surface area contributed by atoms with Crippen molar-refractivity contribution in [3.05, 3.63) is 59.4 Å². The van der Waals surface area contributed by atoms with Crippen molar-refractivity contribution < 1.29 is 27.1 Å². The van der Waals surface area contributed by atoms with E-state index < -0.39 is 17.7 Å². The Kier molecular flexibility index (Phi) is 6.28. The van der Waals surface area contributed by atoms with Gasteiger partial charge in [0.15, 0.2) is 0 Å². The second-order valence-corrected chi connectivity index (χ2v) is 8.09. The van der Waals surface area contributed by atoms with Crippen LogP contribution in [0, 0.1) is 11.7 Å². The van der Waals surface area contributed by atoms with Crippen LogP contribution in [0.2, 0.25) is 0 Å². The Bertz CT molecular complexity index is 982. The Morgan fingerprint density at radius 1 is 1.16 bits per heavy atom. The first-order chi connectivity index (χ1) is 15.3. The molecule has 4 rings (SSSR count). The summed E-state index contributed by atoms with van der Waals surface area (Å²) in [6.07, 6.45) is -4.27. The minimum atomic E-state index is -4.45. The van der Waals surface area contributed by atoms with E-state index in [0.717, 1.165) is 12.1 Å². The maximum absolute atomic E-state index is 14.4. The molecule has 1 fully saturated rings. The number of halogens is 4. The Hall–Kier alpha value is -2.81. The molecule has 1 saturated heterocycles.